The smallest absolute Gasteiger partial charge is 0.137 e. The molecule has 0 fully saturated rings. The fourth-order valence-corrected chi connectivity index (χ4v) is 2.15. The zero-order chi connectivity index (χ0) is 14.1. The summed E-state index contributed by atoms with van der Waals surface area (Å²) in [6, 6.07) is 2.20. The minimum Gasteiger partial charge on any atom is -0.492 e. The van der Waals surface area contributed by atoms with E-state index in [2.05, 4.69) is 24.1 Å². The van der Waals surface area contributed by atoms with Crippen molar-refractivity contribution in [2.24, 2.45) is 0 Å². The molecular formula is C15H26N2O2. The Labute approximate surface area is 116 Å². The molecule has 1 N–H and O–H groups in total. The second kappa shape index (κ2) is 8.88. The average molecular weight is 266 g/mol. The summed E-state index contributed by atoms with van der Waals surface area (Å²) in [6.07, 6.45) is 5.83. The Bertz CT molecular complexity index is 354. The molecule has 1 heterocycles. The summed E-state index contributed by atoms with van der Waals surface area (Å²) in [5.41, 5.74) is 1.12. The summed E-state index contributed by atoms with van der Waals surface area (Å²) < 4.78 is 11.1. The molecule has 1 rings (SSSR count). The van der Waals surface area contributed by atoms with E-state index in [9.17, 15) is 0 Å². The SMILES string of the molecule is CCCNC(c1cncc(OCC)c1)C(CC)OC. The van der Waals surface area contributed by atoms with Gasteiger partial charge < -0.3 is 14.8 Å². The Morgan fingerprint density at radius 3 is 2.63 bits per heavy atom. The van der Waals surface area contributed by atoms with Crippen molar-refractivity contribution in [3.63, 3.8) is 0 Å². The fraction of sp³-hybridized carbons (Fsp3) is 0.667. The summed E-state index contributed by atoms with van der Waals surface area (Å²) in [7, 11) is 1.76. The molecule has 1 aromatic rings. The minimum atomic E-state index is 0.144. The highest BCUT2D eigenvalue weighted by molar-refractivity contribution is 5.26. The Hall–Kier alpha value is -1.13. The zero-order valence-electron chi connectivity index (χ0n) is 12.5. The van der Waals surface area contributed by atoms with Crippen LogP contribution in [0.1, 0.15) is 45.2 Å². The van der Waals surface area contributed by atoms with Crippen molar-refractivity contribution in [3.05, 3.63) is 24.0 Å². The highest BCUT2D eigenvalue weighted by Crippen LogP contribution is 2.23. The van der Waals surface area contributed by atoms with Gasteiger partial charge in [0.15, 0.2) is 0 Å². The highest BCUT2D eigenvalue weighted by atomic mass is 16.5. The van der Waals surface area contributed by atoms with Gasteiger partial charge in [-0.2, -0.15) is 0 Å². The van der Waals surface area contributed by atoms with E-state index in [1.165, 1.54) is 0 Å². The molecule has 4 nitrogen and oxygen atoms in total. The maximum absolute atomic E-state index is 5.58. The van der Waals surface area contributed by atoms with Crippen LogP contribution in [-0.2, 0) is 4.74 Å². The first-order valence-corrected chi connectivity index (χ1v) is 7.10. The Balaban J connectivity index is 2.91. The normalized spacial score (nSPS) is 14.1. The molecule has 4 heteroatoms. The molecule has 0 aliphatic carbocycles. The standard InChI is InChI=1S/C15H26N2O2/c1-5-8-17-15(14(6-2)18-4)12-9-13(19-7-3)11-16-10-12/h9-11,14-15,17H,5-8H2,1-4H3. The lowest BCUT2D eigenvalue weighted by molar-refractivity contribution is 0.0649. The molecule has 19 heavy (non-hydrogen) atoms. The lowest BCUT2D eigenvalue weighted by Gasteiger charge is -2.26. The number of aromatic nitrogens is 1. The number of hydrogen-bond acceptors (Lipinski definition) is 4. The minimum absolute atomic E-state index is 0.144. The number of nitrogens with zero attached hydrogens (tertiary/aromatic N) is 1. The third kappa shape index (κ3) is 4.80. The molecule has 2 atom stereocenters. The van der Waals surface area contributed by atoms with Crippen LogP contribution in [0.4, 0.5) is 0 Å². The molecule has 1 aromatic heterocycles. The highest BCUT2D eigenvalue weighted by Gasteiger charge is 2.21. The van der Waals surface area contributed by atoms with Gasteiger partial charge >= 0.3 is 0 Å². The summed E-state index contributed by atoms with van der Waals surface area (Å²) in [5.74, 6) is 0.814. The molecule has 0 aliphatic rings. The third-order valence-corrected chi connectivity index (χ3v) is 3.10. The van der Waals surface area contributed by atoms with Crippen LogP contribution in [0.5, 0.6) is 5.75 Å². The van der Waals surface area contributed by atoms with Crippen molar-refractivity contribution in [3.8, 4) is 5.75 Å². The van der Waals surface area contributed by atoms with Crippen LogP contribution in [0.15, 0.2) is 18.5 Å². The van der Waals surface area contributed by atoms with E-state index in [4.69, 9.17) is 9.47 Å². The maximum atomic E-state index is 5.58. The predicted octanol–water partition coefficient (Wildman–Crippen LogP) is 2.95. The van der Waals surface area contributed by atoms with Crippen LogP contribution in [0.25, 0.3) is 0 Å². The maximum Gasteiger partial charge on any atom is 0.137 e. The Morgan fingerprint density at radius 1 is 1.26 bits per heavy atom. The molecule has 108 valence electrons. The first kappa shape index (κ1) is 15.9. The van der Waals surface area contributed by atoms with E-state index in [1.807, 2.05) is 19.2 Å². The summed E-state index contributed by atoms with van der Waals surface area (Å²) in [4.78, 5) is 4.26. The van der Waals surface area contributed by atoms with Crippen molar-refractivity contribution >= 4 is 0 Å². The first-order valence-electron chi connectivity index (χ1n) is 7.10. The van der Waals surface area contributed by atoms with Gasteiger partial charge in [-0.25, -0.2) is 0 Å². The van der Waals surface area contributed by atoms with Crippen molar-refractivity contribution in [1.82, 2.24) is 10.3 Å². The van der Waals surface area contributed by atoms with Gasteiger partial charge in [0.25, 0.3) is 0 Å². The van der Waals surface area contributed by atoms with Crippen LogP contribution in [0.3, 0.4) is 0 Å². The number of hydrogen-bond donors (Lipinski definition) is 1. The van der Waals surface area contributed by atoms with Crippen molar-refractivity contribution in [1.29, 1.82) is 0 Å². The van der Waals surface area contributed by atoms with Crippen molar-refractivity contribution < 1.29 is 9.47 Å². The molecule has 0 spiro atoms. The monoisotopic (exact) mass is 266 g/mol. The second-order valence-corrected chi connectivity index (χ2v) is 4.50. The zero-order valence-corrected chi connectivity index (χ0v) is 12.5. The Kier molecular flexibility index (Phi) is 7.45. The van der Waals surface area contributed by atoms with Crippen LogP contribution in [0, 0.1) is 0 Å². The largest absolute Gasteiger partial charge is 0.492 e. The van der Waals surface area contributed by atoms with Crippen LogP contribution in [0.2, 0.25) is 0 Å². The average Bonchev–Trinajstić information content (AvgIpc) is 2.44. The predicted molar refractivity (Wildman–Crippen MR) is 77.5 cm³/mol. The molecule has 0 saturated heterocycles. The molecule has 0 aromatic carbocycles. The fourth-order valence-electron chi connectivity index (χ4n) is 2.15. The molecule has 0 amide bonds. The molecule has 0 saturated carbocycles. The van der Waals surface area contributed by atoms with Gasteiger partial charge in [0.1, 0.15) is 5.75 Å². The van der Waals surface area contributed by atoms with E-state index < -0.39 is 0 Å². The Morgan fingerprint density at radius 2 is 2.05 bits per heavy atom. The van der Waals surface area contributed by atoms with Crippen LogP contribution >= 0.6 is 0 Å². The molecule has 0 radical (unpaired) electrons. The van der Waals surface area contributed by atoms with Crippen molar-refractivity contribution in [2.45, 2.75) is 45.8 Å². The summed E-state index contributed by atoms with van der Waals surface area (Å²) >= 11 is 0. The van der Waals surface area contributed by atoms with E-state index in [0.717, 1.165) is 30.7 Å². The van der Waals surface area contributed by atoms with Gasteiger partial charge in [-0.15, -0.1) is 0 Å². The van der Waals surface area contributed by atoms with Gasteiger partial charge in [0.2, 0.25) is 0 Å². The number of nitrogens with one attached hydrogen (secondary N) is 1. The second-order valence-electron chi connectivity index (χ2n) is 4.50. The van der Waals surface area contributed by atoms with Gasteiger partial charge in [-0.1, -0.05) is 13.8 Å². The molecule has 0 aliphatic heterocycles. The van der Waals surface area contributed by atoms with Gasteiger partial charge in [-0.3, -0.25) is 4.98 Å². The summed E-state index contributed by atoms with van der Waals surface area (Å²) in [6.45, 7) is 7.88. The lowest BCUT2D eigenvalue weighted by Crippen LogP contribution is -2.33. The van der Waals surface area contributed by atoms with E-state index in [-0.39, 0.29) is 12.1 Å². The number of methoxy groups -OCH3 is 1. The van der Waals surface area contributed by atoms with Gasteiger partial charge in [0.05, 0.1) is 24.9 Å². The number of ether oxygens (including phenoxy) is 2. The summed E-state index contributed by atoms with van der Waals surface area (Å²) in [5, 5.41) is 3.54. The van der Waals surface area contributed by atoms with Crippen molar-refractivity contribution in [2.75, 3.05) is 20.3 Å². The third-order valence-electron chi connectivity index (χ3n) is 3.10. The van der Waals surface area contributed by atoms with Gasteiger partial charge in [0, 0.05) is 13.3 Å². The molecule has 0 bridgehead atoms. The molecular weight excluding hydrogens is 240 g/mol. The van der Waals surface area contributed by atoms with Crippen LogP contribution in [-0.4, -0.2) is 31.3 Å². The lowest BCUT2D eigenvalue weighted by atomic mass is 10.0. The number of pyridine rings is 1. The quantitative estimate of drug-likeness (QED) is 0.746. The number of rotatable bonds is 9. The van der Waals surface area contributed by atoms with Crippen LogP contribution < -0.4 is 10.1 Å². The topological polar surface area (TPSA) is 43.4 Å². The molecule has 2 unspecified atom stereocenters. The van der Waals surface area contributed by atoms with Gasteiger partial charge in [-0.05, 0) is 37.9 Å². The first-order chi connectivity index (χ1) is 9.26. The van der Waals surface area contributed by atoms with E-state index in [0.29, 0.717) is 6.61 Å². The van der Waals surface area contributed by atoms with E-state index >= 15 is 0 Å². The van der Waals surface area contributed by atoms with E-state index in [1.54, 1.807) is 13.3 Å².